The van der Waals surface area contributed by atoms with Crippen molar-refractivity contribution in [3.05, 3.63) is 58.0 Å². The summed E-state index contributed by atoms with van der Waals surface area (Å²) in [5.74, 6) is -0.943. The predicted octanol–water partition coefficient (Wildman–Crippen LogP) is 2.99. The normalized spacial score (nSPS) is 10.3. The third kappa shape index (κ3) is 4.75. The lowest BCUT2D eigenvalue weighted by molar-refractivity contribution is -0.121. The average molecular weight is 352 g/mol. The topological polar surface area (TPSA) is 79.5 Å². The molecule has 0 aliphatic heterocycles. The first-order valence-corrected chi connectivity index (χ1v) is 7.17. The van der Waals surface area contributed by atoms with Crippen LogP contribution in [0.5, 0.6) is 0 Å². The van der Waals surface area contributed by atoms with E-state index in [1.165, 1.54) is 12.1 Å². The number of carbonyl (C=O) groups is 2. The Hall–Kier alpha value is -2.08. The second-order valence-electron chi connectivity index (χ2n) is 4.48. The first-order valence-electron chi connectivity index (χ1n) is 6.38. The highest BCUT2D eigenvalue weighted by atomic mass is 79.9. The van der Waals surface area contributed by atoms with Crippen molar-refractivity contribution >= 4 is 27.8 Å². The molecular weight excluding hydrogens is 338 g/mol. The van der Waals surface area contributed by atoms with Crippen molar-refractivity contribution < 1.29 is 19.1 Å². The fourth-order valence-electron chi connectivity index (χ4n) is 1.81. The summed E-state index contributed by atoms with van der Waals surface area (Å²) >= 11 is 3.38. The third-order valence-corrected chi connectivity index (χ3v) is 3.36. The number of nitrogens with one attached hydrogen (secondary N) is 1. The number of amides is 1. The number of halogens is 1. The zero-order valence-corrected chi connectivity index (χ0v) is 12.7. The maximum atomic E-state index is 11.7. The van der Waals surface area contributed by atoms with Gasteiger partial charge in [-0.2, -0.15) is 0 Å². The molecule has 0 bridgehead atoms. The van der Waals surface area contributed by atoms with Crippen molar-refractivity contribution in [2.45, 2.75) is 19.4 Å². The van der Waals surface area contributed by atoms with Gasteiger partial charge in [0.1, 0.15) is 5.76 Å². The molecule has 0 saturated carbocycles. The first kappa shape index (κ1) is 15.3. The van der Waals surface area contributed by atoms with Gasteiger partial charge in [-0.3, -0.25) is 4.79 Å². The number of hydrogen-bond donors (Lipinski definition) is 2. The monoisotopic (exact) mass is 351 g/mol. The van der Waals surface area contributed by atoms with E-state index < -0.39 is 5.97 Å². The van der Waals surface area contributed by atoms with E-state index in [1.54, 1.807) is 0 Å². The second-order valence-corrected chi connectivity index (χ2v) is 5.39. The smallest absolute Gasteiger partial charge is 0.371 e. The lowest BCUT2D eigenvalue weighted by atomic mass is 10.1. The molecule has 1 aromatic carbocycles. The van der Waals surface area contributed by atoms with E-state index >= 15 is 0 Å². The minimum atomic E-state index is -1.12. The van der Waals surface area contributed by atoms with Crippen LogP contribution in [0.3, 0.4) is 0 Å². The Morgan fingerprint density at radius 3 is 2.71 bits per heavy atom. The molecule has 0 saturated heterocycles. The molecule has 1 amide bonds. The molecule has 5 nitrogen and oxygen atoms in total. The fraction of sp³-hybridized carbons (Fsp3) is 0.200. The summed E-state index contributed by atoms with van der Waals surface area (Å²) < 4.78 is 6.04. The molecule has 2 rings (SSSR count). The minimum absolute atomic E-state index is 0.108. The van der Waals surface area contributed by atoms with Crippen LogP contribution >= 0.6 is 15.9 Å². The summed E-state index contributed by atoms with van der Waals surface area (Å²) in [5.41, 5.74) is 1.07. The number of carboxylic acids is 1. The number of furan rings is 1. The highest BCUT2D eigenvalue weighted by molar-refractivity contribution is 9.10. The van der Waals surface area contributed by atoms with Crippen molar-refractivity contribution in [2.24, 2.45) is 0 Å². The van der Waals surface area contributed by atoms with Gasteiger partial charge in [0.15, 0.2) is 0 Å². The van der Waals surface area contributed by atoms with Crippen LogP contribution in [0.4, 0.5) is 0 Å². The number of aromatic carboxylic acids is 1. The number of aryl methyl sites for hydroxylation is 1. The summed E-state index contributed by atoms with van der Waals surface area (Å²) in [6.45, 7) is 0.185. The van der Waals surface area contributed by atoms with Crippen LogP contribution in [0.2, 0.25) is 0 Å². The van der Waals surface area contributed by atoms with E-state index in [4.69, 9.17) is 9.52 Å². The second kappa shape index (κ2) is 7.08. The Kier molecular flexibility index (Phi) is 5.16. The Labute approximate surface area is 130 Å². The zero-order valence-electron chi connectivity index (χ0n) is 11.1. The maximum absolute atomic E-state index is 11.7. The van der Waals surface area contributed by atoms with Gasteiger partial charge in [0.05, 0.1) is 6.54 Å². The first-order chi connectivity index (χ1) is 10.0. The molecule has 2 aromatic rings. The van der Waals surface area contributed by atoms with Gasteiger partial charge in [-0.15, -0.1) is 0 Å². The van der Waals surface area contributed by atoms with Crippen molar-refractivity contribution in [1.82, 2.24) is 5.32 Å². The molecule has 0 spiro atoms. The van der Waals surface area contributed by atoms with Crippen LogP contribution in [0, 0.1) is 0 Å². The van der Waals surface area contributed by atoms with E-state index in [2.05, 4.69) is 21.2 Å². The van der Waals surface area contributed by atoms with Crippen LogP contribution in [0.15, 0.2) is 45.3 Å². The SMILES string of the molecule is O=C(CCc1cccc(Br)c1)NCc1ccc(C(=O)O)o1. The van der Waals surface area contributed by atoms with E-state index in [-0.39, 0.29) is 18.2 Å². The van der Waals surface area contributed by atoms with Crippen LogP contribution in [-0.2, 0) is 17.8 Å². The molecule has 110 valence electrons. The molecular formula is C15H14BrNO4. The minimum Gasteiger partial charge on any atom is -0.475 e. The summed E-state index contributed by atoms with van der Waals surface area (Å²) in [4.78, 5) is 22.4. The number of hydrogen-bond acceptors (Lipinski definition) is 3. The van der Waals surface area contributed by atoms with Gasteiger partial charge in [-0.1, -0.05) is 28.1 Å². The highest BCUT2D eigenvalue weighted by Gasteiger charge is 2.09. The molecule has 0 unspecified atom stereocenters. The van der Waals surface area contributed by atoms with Crippen molar-refractivity contribution in [1.29, 1.82) is 0 Å². The number of carbonyl (C=O) groups excluding carboxylic acids is 1. The van der Waals surface area contributed by atoms with Gasteiger partial charge in [0.25, 0.3) is 0 Å². The van der Waals surface area contributed by atoms with Crippen molar-refractivity contribution in [3.63, 3.8) is 0 Å². The summed E-state index contributed by atoms with van der Waals surface area (Å²) in [6, 6.07) is 10.7. The molecule has 6 heteroatoms. The van der Waals surface area contributed by atoms with Crippen LogP contribution < -0.4 is 5.32 Å². The van der Waals surface area contributed by atoms with Crippen LogP contribution in [0.25, 0.3) is 0 Å². The van der Waals surface area contributed by atoms with Crippen molar-refractivity contribution in [2.75, 3.05) is 0 Å². The molecule has 0 atom stereocenters. The largest absolute Gasteiger partial charge is 0.475 e. The van der Waals surface area contributed by atoms with E-state index in [1.807, 2.05) is 24.3 Å². The summed E-state index contributed by atoms with van der Waals surface area (Å²) in [6.07, 6.45) is 1.01. The van der Waals surface area contributed by atoms with Crippen LogP contribution in [-0.4, -0.2) is 17.0 Å². The van der Waals surface area contributed by atoms with Gasteiger partial charge in [0, 0.05) is 10.9 Å². The Balaban J connectivity index is 1.78. The molecule has 2 N–H and O–H groups in total. The van der Waals surface area contributed by atoms with Gasteiger partial charge in [-0.25, -0.2) is 4.79 Å². The molecule has 0 radical (unpaired) electrons. The third-order valence-electron chi connectivity index (χ3n) is 2.86. The zero-order chi connectivity index (χ0) is 15.2. The molecule has 0 fully saturated rings. The number of carboxylic acid groups (broad SMARTS) is 1. The molecule has 21 heavy (non-hydrogen) atoms. The fourth-order valence-corrected chi connectivity index (χ4v) is 2.26. The predicted molar refractivity (Wildman–Crippen MR) is 80.0 cm³/mol. The lowest BCUT2D eigenvalue weighted by Gasteiger charge is -2.04. The average Bonchev–Trinajstić information content (AvgIpc) is 2.92. The van der Waals surface area contributed by atoms with E-state index in [0.717, 1.165) is 10.0 Å². The van der Waals surface area contributed by atoms with Crippen molar-refractivity contribution in [3.8, 4) is 0 Å². The van der Waals surface area contributed by atoms with E-state index in [0.29, 0.717) is 18.6 Å². The molecule has 0 aliphatic carbocycles. The number of rotatable bonds is 6. The van der Waals surface area contributed by atoms with Gasteiger partial charge >= 0.3 is 5.97 Å². The molecule has 0 aliphatic rings. The van der Waals surface area contributed by atoms with Gasteiger partial charge < -0.3 is 14.8 Å². The van der Waals surface area contributed by atoms with Gasteiger partial charge in [0.2, 0.25) is 11.7 Å². The standard InChI is InChI=1S/C15H14BrNO4/c16-11-3-1-2-10(8-11)4-7-14(18)17-9-12-5-6-13(21-12)15(19)20/h1-3,5-6,8H,4,7,9H2,(H,17,18)(H,19,20). The maximum Gasteiger partial charge on any atom is 0.371 e. The Morgan fingerprint density at radius 2 is 2.05 bits per heavy atom. The number of benzene rings is 1. The van der Waals surface area contributed by atoms with Gasteiger partial charge in [-0.05, 0) is 36.2 Å². The quantitative estimate of drug-likeness (QED) is 0.838. The summed E-state index contributed by atoms with van der Waals surface area (Å²) in [5, 5.41) is 11.4. The lowest BCUT2D eigenvalue weighted by Crippen LogP contribution is -2.22. The molecule has 1 aromatic heterocycles. The Morgan fingerprint density at radius 1 is 1.24 bits per heavy atom. The summed E-state index contributed by atoms with van der Waals surface area (Å²) in [7, 11) is 0. The van der Waals surface area contributed by atoms with E-state index in [9.17, 15) is 9.59 Å². The van der Waals surface area contributed by atoms with Crippen LogP contribution in [0.1, 0.15) is 28.3 Å². The Bertz CT molecular complexity index is 651. The molecule has 1 heterocycles. The highest BCUT2D eigenvalue weighted by Crippen LogP contribution is 2.13.